The third-order valence-electron chi connectivity index (χ3n) is 2.73. The first-order valence-electron chi connectivity index (χ1n) is 5.01. The van der Waals surface area contributed by atoms with Crippen molar-refractivity contribution < 1.29 is 0 Å². The van der Waals surface area contributed by atoms with Crippen molar-refractivity contribution in [2.75, 3.05) is 19.0 Å². The molecule has 0 spiro atoms. The SMILES string of the molecule is CN(C)c1ncccc1CC1(N)CC1. The van der Waals surface area contributed by atoms with Crippen molar-refractivity contribution in [1.82, 2.24) is 4.98 Å². The summed E-state index contributed by atoms with van der Waals surface area (Å²) in [5.74, 6) is 1.05. The molecule has 0 amide bonds. The van der Waals surface area contributed by atoms with E-state index in [0.29, 0.717) is 0 Å². The Morgan fingerprint density at radius 2 is 2.21 bits per heavy atom. The summed E-state index contributed by atoms with van der Waals surface area (Å²) >= 11 is 0. The van der Waals surface area contributed by atoms with E-state index in [-0.39, 0.29) is 5.54 Å². The zero-order valence-corrected chi connectivity index (χ0v) is 8.83. The highest BCUT2D eigenvalue weighted by atomic mass is 15.1. The molecule has 0 aliphatic heterocycles. The molecule has 0 atom stereocenters. The molecular formula is C11H17N3. The molecule has 1 aromatic rings. The lowest BCUT2D eigenvalue weighted by Gasteiger charge is -2.17. The Kier molecular flexibility index (Phi) is 2.19. The van der Waals surface area contributed by atoms with Crippen LogP contribution >= 0.6 is 0 Å². The van der Waals surface area contributed by atoms with Crippen LogP contribution in [0.5, 0.6) is 0 Å². The van der Waals surface area contributed by atoms with Gasteiger partial charge in [0.2, 0.25) is 0 Å². The van der Waals surface area contributed by atoms with Crippen LogP contribution < -0.4 is 10.6 Å². The predicted molar refractivity (Wildman–Crippen MR) is 58.4 cm³/mol. The lowest BCUT2D eigenvalue weighted by atomic mass is 10.1. The van der Waals surface area contributed by atoms with Crippen molar-refractivity contribution in [2.24, 2.45) is 5.73 Å². The van der Waals surface area contributed by atoms with Gasteiger partial charge in [-0.1, -0.05) is 6.07 Å². The van der Waals surface area contributed by atoms with E-state index in [4.69, 9.17) is 5.73 Å². The Bertz CT molecular complexity index is 329. The van der Waals surface area contributed by atoms with E-state index < -0.39 is 0 Å². The molecule has 1 aromatic heterocycles. The Balaban J connectivity index is 2.23. The second kappa shape index (κ2) is 3.24. The minimum Gasteiger partial charge on any atom is -0.363 e. The standard InChI is InChI=1S/C11H17N3/c1-14(2)10-9(4-3-7-13-10)8-11(12)5-6-11/h3-4,7H,5-6,8,12H2,1-2H3. The number of pyridine rings is 1. The Labute approximate surface area is 84.9 Å². The molecular weight excluding hydrogens is 174 g/mol. The molecule has 1 aliphatic carbocycles. The molecule has 1 saturated carbocycles. The van der Waals surface area contributed by atoms with Gasteiger partial charge in [0.15, 0.2) is 0 Å². The van der Waals surface area contributed by atoms with Crippen LogP contribution in [0.4, 0.5) is 5.82 Å². The monoisotopic (exact) mass is 191 g/mol. The van der Waals surface area contributed by atoms with Gasteiger partial charge in [-0.05, 0) is 30.9 Å². The van der Waals surface area contributed by atoms with E-state index in [1.807, 2.05) is 31.3 Å². The fourth-order valence-electron chi connectivity index (χ4n) is 1.69. The fraction of sp³-hybridized carbons (Fsp3) is 0.545. The van der Waals surface area contributed by atoms with Gasteiger partial charge in [0.1, 0.15) is 5.82 Å². The maximum atomic E-state index is 6.10. The molecule has 1 heterocycles. The van der Waals surface area contributed by atoms with Crippen molar-refractivity contribution in [3.8, 4) is 0 Å². The van der Waals surface area contributed by atoms with Gasteiger partial charge in [-0.25, -0.2) is 4.98 Å². The molecule has 0 bridgehead atoms. The Morgan fingerprint density at radius 1 is 1.50 bits per heavy atom. The molecule has 2 rings (SSSR count). The molecule has 2 N–H and O–H groups in total. The normalized spacial score (nSPS) is 17.9. The second-order valence-electron chi connectivity index (χ2n) is 4.42. The minimum absolute atomic E-state index is 0.0633. The van der Waals surface area contributed by atoms with Crippen LogP contribution in [-0.4, -0.2) is 24.6 Å². The first kappa shape index (κ1) is 9.46. The van der Waals surface area contributed by atoms with Crippen molar-refractivity contribution >= 4 is 5.82 Å². The summed E-state index contributed by atoms with van der Waals surface area (Å²) in [6, 6.07) is 4.10. The molecule has 76 valence electrons. The molecule has 1 aliphatic rings. The highest BCUT2D eigenvalue weighted by Crippen LogP contribution is 2.37. The number of hydrogen-bond donors (Lipinski definition) is 1. The maximum Gasteiger partial charge on any atom is 0.131 e. The number of nitrogens with zero attached hydrogens (tertiary/aromatic N) is 2. The number of anilines is 1. The summed E-state index contributed by atoms with van der Waals surface area (Å²) in [7, 11) is 4.03. The third-order valence-corrected chi connectivity index (χ3v) is 2.73. The first-order valence-corrected chi connectivity index (χ1v) is 5.01. The van der Waals surface area contributed by atoms with Gasteiger partial charge in [0.05, 0.1) is 0 Å². The zero-order valence-electron chi connectivity index (χ0n) is 8.83. The molecule has 0 unspecified atom stereocenters. The minimum atomic E-state index is 0.0633. The zero-order chi connectivity index (χ0) is 10.2. The first-order chi connectivity index (χ1) is 6.61. The van der Waals surface area contributed by atoms with E-state index in [2.05, 4.69) is 11.1 Å². The topological polar surface area (TPSA) is 42.2 Å². The summed E-state index contributed by atoms with van der Waals surface area (Å²) in [6.45, 7) is 0. The van der Waals surface area contributed by atoms with Crippen LogP contribution in [0.25, 0.3) is 0 Å². The number of nitrogens with two attached hydrogens (primary N) is 1. The van der Waals surface area contributed by atoms with E-state index >= 15 is 0 Å². The quantitative estimate of drug-likeness (QED) is 0.780. The van der Waals surface area contributed by atoms with Crippen molar-refractivity contribution in [2.45, 2.75) is 24.8 Å². The molecule has 1 fully saturated rings. The molecule has 0 radical (unpaired) electrons. The molecule has 0 aromatic carbocycles. The Morgan fingerprint density at radius 3 is 2.79 bits per heavy atom. The van der Waals surface area contributed by atoms with Crippen LogP contribution in [0.15, 0.2) is 18.3 Å². The van der Waals surface area contributed by atoms with E-state index in [1.54, 1.807) is 0 Å². The van der Waals surface area contributed by atoms with Gasteiger partial charge < -0.3 is 10.6 Å². The third kappa shape index (κ3) is 1.87. The maximum absolute atomic E-state index is 6.10. The van der Waals surface area contributed by atoms with Crippen molar-refractivity contribution in [3.63, 3.8) is 0 Å². The van der Waals surface area contributed by atoms with Gasteiger partial charge in [0, 0.05) is 25.8 Å². The van der Waals surface area contributed by atoms with Crippen LogP contribution in [0.1, 0.15) is 18.4 Å². The summed E-state index contributed by atoms with van der Waals surface area (Å²) < 4.78 is 0. The van der Waals surface area contributed by atoms with Crippen molar-refractivity contribution in [1.29, 1.82) is 0 Å². The molecule has 3 heteroatoms. The smallest absolute Gasteiger partial charge is 0.131 e. The number of rotatable bonds is 3. The van der Waals surface area contributed by atoms with Gasteiger partial charge >= 0.3 is 0 Å². The number of aromatic nitrogens is 1. The van der Waals surface area contributed by atoms with Crippen LogP contribution in [-0.2, 0) is 6.42 Å². The van der Waals surface area contributed by atoms with E-state index in [1.165, 1.54) is 5.56 Å². The lowest BCUT2D eigenvalue weighted by Crippen LogP contribution is -2.26. The molecule has 14 heavy (non-hydrogen) atoms. The summed E-state index contributed by atoms with van der Waals surface area (Å²) in [5, 5.41) is 0. The van der Waals surface area contributed by atoms with Crippen molar-refractivity contribution in [3.05, 3.63) is 23.9 Å². The fourth-order valence-corrected chi connectivity index (χ4v) is 1.69. The van der Waals surface area contributed by atoms with Gasteiger partial charge in [0.25, 0.3) is 0 Å². The summed E-state index contributed by atoms with van der Waals surface area (Å²) in [5.41, 5.74) is 7.43. The van der Waals surface area contributed by atoms with E-state index in [0.717, 1.165) is 25.1 Å². The summed E-state index contributed by atoms with van der Waals surface area (Å²) in [6.07, 6.45) is 5.08. The van der Waals surface area contributed by atoms with Gasteiger partial charge in [-0.15, -0.1) is 0 Å². The molecule has 3 nitrogen and oxygen atoms in total. The van der Waals surface area contributed by atoms with Crippen LogP contribution in [0.2, 0.25) is 0 Å². The van der Waals surface area contributed by atoms with Crippen LogP contribution in [0, 0.1) is 0 Å². The second-order valence-corrected chi connectivity index (χ2v) is 4.42. The average molecular weight is 191 g/mol. The summed E-state index contributed by atoms with van der Waals surface area (Å²) in [4.78, 5) is 6.40. The van der Waals surface area contributed by atoms with Crippen LogP contribution in [0.3, 0.4) is 0 Å². The molecule has 0 saturated heterocycles. The number of hydrogen-bond acceptors (Lipinski definition) is 3. The Hall–Kier alpha value is -1.09. The highest BCUT2D eigenvalue weighted by molar-refractivity contribution is 5.46. The van der Waals surface area contributed by atoms with E-state index in [9.17, 15) is 0 Å². The predicted octanol–water partition coefficient (Wildman–Crippen LogP) is 1.18. The van der Waals surface area contributed by atoms with Gasteiger partial charge in [-0.3, -0.25) is 0 Å². The van der Waals surface area contributed by atoms with Gasteiger partial charge in [-0.2, -0.15) is 0 Å². The average Bonchev–Trinajstić information content (AvgIpc) is 2.84. The highest BCUT2D eigenvalue weighted by Gasteiger charge is 2.38. The largest absolute Gasteiger partial charge is 0.363 e. The lowest BCUT2D eigenvalue weighted by molar-refractivity contribution is 0.669.